The van der Waals surface area contributed by atoms with Crippen LogP contribution in [0.1, 0.15) is 64.5 Å². The van der Waals surface area contributed by atoms with Crippen LogP contribution in [0.3, 0.4) is 0 Å². The number of carboxylic acids is 1. The Labute approximate surface area is 247 Å². The zero-order valence-corrected chi connectivity index (χ0v) is 25.2. The second-order valence-corrected chi connectivity index (χ2v) is 13.5. The fourth-order valence-electron chi connectivity index (χ4n) is 5.81. The summed E-state index contributed by atoms with van der Waals surface area (Å²) in [4.78, 5) is 11.2. The van der Waals surface area contributed by atoms with Crippen molar-refractivity contribution >= 4 is 16.0 Å². The molecule has 1 saturated heterocycles. The lowest BCUT2D eigenvalue weighted by Gasteiger charge is -2.30. The van der Waals surface area contributed by atoms with Gasteiger partial charge in [0.2, 0.25) is 10.0 Å². The molecule has 2 heterocycles. The summed E-state index contributed by atoms with van der Waals surface area (Å²) in [5.74, 6) is -1.37. The van der Waals surface area contributed by atoms with Crippen molar-refractivity contribution in [3.05, 3.63) is 66.1 Å². The summed E-state index contributed by atoms with van der Waals surface area (Å²) in [5, 5.41) is 29.8. The first-order valence-corrected chi connectivity index (χ1v) is 16.0. The van der Waals surface area contributed by atoms with Crippen molar-refractivity contribution in [3.8, 4) is 22.4 Å². The number of nitrogens with zero attached hydrogens (tertiary/aromatic N) is 2. The third-order valence-electron chi connectivity index (χ3n) is 7.97. The van der Waals surface area contributed by atoms with E-state index in [4.69, 9.17) is 5.11 Å². The van der Waals surface area contributed by atoms with Gasteiger partial charge in [0.05, 0.1) is 24.3 Å². The fraction of sp³-hybridized carbons (Fsp3) is 0.469. The molecule has 228 valence electrons. The first-order chi connectivity index (χ1) is 19.9. The van der Waals surface area contributed by atoms with Crippen molar-refractivity contribution in [3.63, 3.8) is 0 Å². The summed E-state index contributed by atoms with van der Waals surface area (Å²) >= 11 is 0. The Kier molecular flexibility index (Phi) is 10.2. The number of aliphatic hydroxyl groups is 2. The van der Waals surface area contributed by atoms with Crippen molar-refractivity contribution in [2.45, 2.75) is 82.4 Å². The number of halogens is 1. The van der Waals surface area contributed by atoms with Crippen molar-refractivity contribution in [1.82, 2.24) is 8.87 Å². The molecule has 1 fully saturated rings. The summed E-state index contributed by atoms with van der Waals surface area (Å²) in [6.07, 6.45) is -1.14. The highest BCUT2D eigenvalue weighted by Gasteiger charge is 2.38. The monoisotopic (exact) mass is 600 g/mol. The zero-order chi connectivity index (χ0) is 30.6. The van der Waals surface area contributed by atoms with E-state index in [1.807, 2.05) is 48.7 Å². The van der Waals surface area contributed by atoms with E-state index in [-0.39, 0.29) is 30.2 Å². The topological polar surface area (TPSA) is 120 Å². The van der Waals surface area contributed by atoms with E-state index >= 15 is 0 Å². The Morgan fingerprint density at radius 1 is 0.976 bits per heavy atom. The summed E-state index contributed by atoms with van der Waals surface area (Å²) in [6, 6.07) is 15.2. The maximum atomic E-state index is 14.6. The minimum absolute atomic E-state index is 0.126. The number of carboxylic acid groups (broad SMARTS) is 1. The third kappa shape index (κ3) is 7.11. The Morgan fingerprint density at radius 3 is 2.17 bits per heavy atom. The van der Waals surface area contributed by atoms with Crippen LogP contribution in [0.4, 0.5) is 4.39 Å². The summed E-state index contributed by atoms with van der Waals surface area (Å²) in [7, 11) is -3.96. The molecule has 1 aliphatic heterocycles. The van der Waals surface area contributed by atoms with Gasteiger partial charge in [-0.25, -0.2) is 12.8 Å². The molecule has 0 saturated carbocycles. The van der Waals surface area contributed by atoms with Gasteiger partial charge in [0.25, 0.3) is 0 Å². The standard InChI is InChI=1S/C32H41FN2O6S/c1-21(2)30-32(42(40,41)34-16-13-22(3)14-17-34)29(23-7-5-4-6-8-23)31(24-9-11-25(33)12-10-24)35(30)18-15-26(36)19-27(37)20-28(38)39/h4-12,21-22,26-27,36-37H,13-20H2,1-3H3,(H,38,39). The predicted octanol–water partition coefficient (Wildman–Crippen LogP) is 5.48. The molecule has 8 nitrogen and oxygen atoms in total. The Bertz CT molecular complexity index is 1460. The summed E-state index contributed by atoms with van der Waals surface area (Å²) in [5.41, 5.74) is 3.06. The van der Waals surface area contributed by atoms with Crippen LogP contribution in [0, 0.1) is 11.7 Å². The van der Waals surface area contributed by atoms with Gasteiger partial charge in [0.1, 0.15) is 10.7 Å². The van der Waals surface area contributed by atoms with Gasteiger partial charge >= 0.3 is 5.97 Å². The second kappa shape index (κ2) is 13.5. The molecule has 0 amide bonds. The van der Waals surface area contributed by atoms with Gasteiger partial charge in [-0.1, -0.05) is 51.1 Å². The van der Waals surface area contributed by atoms with Gasteiger partial charge < -0.3 is 19.9 Å². The Balaban J connectivity index is 1.94. The molecular formula is C32H41FN2O6S. The van der Waals surface area contributed by atoms with Crippen LogP contribution in [0.15, 0.2) is 59.5 Å². The largest absolute Gasteiger partial charge is 0.481 e. The number of benzene rings is 2. The zero-order valence-electron chi connectivity index (χ0n) is 24.4. The van der Waals surface area contributed by atoms with E-state index in [1.54, 1.807) is 16.4 Å². The van der Waals surface area contributed by atoms with Crippen molar-refractivity contribution < 1.29 is 32.9 Å². The molecule has 1 aromatic heterocycles. The average Bonchev–Trinajstić information content (AvgIpc) is 3.29. The highest BCUT2D eigenvalue weighted by Crippen LogP contribution is 2.46. The molecule has 1 aliphatic rings. The first kappa shape index (κ1) is 31.9. The molecule has 0 bridgehead atoms. The highest BCUT2D eigenvalue weighted by atomic mass is 32.2. The van der Waals surface area contributed by atoms with Gasteiger partial charge in [0, 0.05) is 30.9 Å². The first-order valence-electron chi connectivity index (χ1n) is 14.6. The molecular weight excluding hydrogens is 559 g/mol. The van der Waals surface area contributed by atoms with Crippen LogP contribution in [-0.2, 0) is 21.4 Å². The lowest BCUT2D eigenvalue weighted by Crippen LogP contribution is -2.38. The second-order valence-electron chi connectivity index (χ2n) is 11.6. The smallest absolute Gasteiger partial charge is 0.305 e. The van der Waals surface area contributed by atoms with E-state index in [1.165, 1.54) is 12.1 Å². The molecule has 3 N–H and O–H groups in total. The van der Waals surface area contributed by atoms with E-state index in [0.29, 0.717) is 47.1 Å². The highest BCUT2D eigenvalue weighted by molar-refractivity contribution is 7.89. The lowest BCUT2D eigenvalue weighted by molar-refractivity contribution is -0.139. The van der Waals surface area contributed by atoms with Crippen LogP contribution in [0.2, 0.25) is 0 Å². The minimum atomic E-state index is -3.96. The fourth-order valence-corrected chi connectivity index (χ4v) is 7.84. The van der Waals surface area contributed by atoms with Gasteiger partial charge in [-0.15, -0.1) is 0 Å². The predicted molar refractivity (Wildman–Crippen MR) is 160 cm³/mol. The van der Waals surface area contributed by atoms with Crippen LogP contribution < -0.4 is 0 Å². The molecule has 2 atom stereocenters. The maximum Gasteiger partial charge on any atom is 0.305 e. The molecule has 0 aliphatic carbocycles. The number of aliphatic carboxylic acids is 1. The van der Waals surface area contributed by atoms with Crippen LogP contribution >= 0.6 is 0 Å². The van der Waals surface area contributed by atoms with Gasteiger partial charge in [-0.3, -0.25) is 4.79 Å². The number of rotatable bonds is 12. The van der Waals surface area contributed by atoms with E-state index in [9.17, 15) is 27.8 Å². The lowest BCUT2D eigenvalue weighted by atomic mass is 10.0. The van der Waals surface area contributed by atoms with Gasteiger partial charge in [-0.05, 0) is 72.9 Å². The number of hydrogen-bond donors (Lipinski definition) is 3. The normalized spacial score (nSPS) is 16.5. The average molecular weight is 601 g/mol. The number of aromatic nitrogens is 1. The number of aliphatic hydroxyl groups excluding tert-OH is 2. The summed E-state index contributed by atoms with van der Waals surface area (Å²) in [6.45, 7) is 7.03. The van der Waals surface area contributed by atoms with Crippen LogP contribution in [-0.4, -0.2) is 63.9 Å². The SMILES string of the molecule is CC1CCN(S(=O)(=O)c2c(-c3ccccc3)c(-c3ccc(F)cc3)n(CCC(O)CC(O)CC(=O)O)c2C(C)C)CC1. The van der Waals surface area contributed by atoms with E-state index in [2.05, 4.69) is 6.92 Å². The quantitative estimate of drug-likeness (QED) is 0.253. The molecule has 0 radical (unpaired) electrons. The number of piperidine rings is 1. The maximum absolute atomic E-state index is 14.6. The molecule has 2 aromatic carbocycles. The molecule has 4 rings (SSSR count). The van der Waals surface area contributed by atoms with Gasteiger partial charge in [-0.2, -0.15) is 4.31 Å². The molecule has 42 heavy (non-hydrogen) atoms. The number of hydrogen-bond acceptors (Lipinski definition) is 5. The van der Waals surface area contributed by atoms with Crippen molar-refractivity contribution in [2.24, 2.45) is 5.92 Å². The van der Waals surface area contributed by atoms with Crippen LogP contribution in [0.5, 0.6) is 0 Å². The molecule has 3 aromatic rings. The molecule has 2 unspecified atom stereocenters. The minimum Gasteiger partial charge on any atom is -0.481 e. The van der Waals surface area contributed by atoms with E-state index in [0.717, 1.165) is 12.8 Å². The van der Waals surface area contributed by atoms with E-state index < -0.39 is 40.4 Å². The Morgan fingerprint density at radius 2 is 1.60 bits per heavy atom. The van der Waals surface area contributed by atoms with Gasteiger partial charge in [0.15, 0.2) is 0 Å². The molecule has 0 spiro atoms. The Hall–Kier alpha value is -3.05. The van der Waals surface area contributed by atoms with Crippen molar-refractivity contribution in [2.75, 3.05) is 13.1 Å². The summed E-state index contributed by atoms with van der Waals surface area (Å²) < 4.78 is 46.7. The van der Waals surface area contributed by atoms with Crippen molar-refractivity contribution in [1.29, 1.82) is 0 Å². The number of carbonyl (C=O) groups is 1. The molecule has 10 heteroatoms. The third-order valence-corrected chi connectivity index (χ3v) is 9.94. The number of sulfonamides is 1. The van der Waals surface area contributed by atoms with Crippen LogP contribution in [0.25, 0.3) is 22.4 Å².